The van der Waals surface area contributed by atoms with Crippen molar-refractivity contribution in [1.29, 1.82) is 0 Å². The molecule has 0 aromatic carbocycles. The number of rotatable bonds is 18. The van der Waals surface area contributed by atoms with Crippen LogP contribution in [0.3, 0.4) is 0 Å². The van der Waals surface area contributed by atoms with Gasteiger partial charge in [-0.15, -0.1) is 0 Å². The van der Waals surface area contributed by atoms with Gasteiger partial charge in [0.25, 0.3) is 6.04 Å². The Kier molecular flexibility index (Phi) is 17.8. The zero-order chi connectivity index (χ0) is 20.2. The van der Waals surface area contributed by atoms with Gasteiger partial charge in [-0.25, -0.2) is 0 Å². The molecule has 0 saturated heterocycles. The number of nitro groups is 1. The van der Waals surface area contributed by atoms with Crippen molar-refractivity contribution in [3.63, 3.8) is 0 Å². The third-order valence-corrected chi connectivity index (χ3v) is 4.33. The fourth-order valence-corrected chi connectivity index (χ4v) is 2.66. The summed E-state index contributed by atoms with van der Waals surface area (Å²) >= 11 is 0. The van der Waals surface area contributed by atoms with Crippen molar-refractivity contribution >= 4 is 6.29 Å². The lowest BCUT2D eigenvalue weighted by Gasteiger charge is -2.10. The Bertz CT molecular complexity index is 457. The molecule has 0 aliphatic heterocycles. The first-order chi connectivity index (χ1) is 13.1. The molecule has 0 spiro atoms. The highest BCUT2D eigenvalue weighted by molar-refractivity contribution is 5.50. The summed E-state index contributed by atoms with van der Waals surface area (Å²) in [5.74, 6) is 0. The Labute approximate surface area is 164 Å². The van der Waals surface area contributed by atoms with E-state index in [1.54, 1.807) is 6.08 Å². The third kappa shape index (κ3) is 16.2. The normalized spacial score (nSPS) is 14.3. The third-order valence-electron chi connectivity index (χ3n) is 4.33. The predicted molar refractivity (Wildman–Crippen MR) is 111 cm³/mol. The molecule has 0 heterocycles. The molecule has 0 saturated carbocycles. The minimum absolute atomic E-state index is 0.280. The first kappa shape index (κ1) is 25.2. The van der Waals surface area contributed by atoms with E-state index in [-0.39, 0.29) is 6.42 Å². The monoisotopic (exact) mass is 378 g/mol. The summed E-state index contributed by atoms with van der Waals surface area (Å²) in [4.78, 5) is 20.8. The van der Waals surface area contributed by atoms with Crippen molar-refractivity contribution in [1.82, 2.24) is 0 Å². The molecule has 0 aromatic heterocycles. The van der Waals surface area contributed by atoms with Crippen LogP contribution in [0, 0.1) is 10.1 Å². The van der Waals surface area contributed by atoms with Gasteiger partial charge in [0, 0.05) is 11.3 Å². The lowest BCUT2D eigenvalue weighted by Crippen LogP contribution is -2.31. The van der Waals surface area contributed by atoms with Crippen molar-refractivity contribution < 1.29 is 14.8 Å². The number of aliphatic hydroxyl groups is 1. The van der Waals surface area contributed by atoms with Crippen molar-refractivity contribution in [2.75, 3.05) is 0 Å². The van der Waals surface area contributed by atoms with Crippen LogP contribution in [-0.4, -0.2) is 28.5 Å². The van der Waals surface area contributed by atoms with Crippen LogP contribution in [0.25, 0.3) is 0 Å². The summed E-state index contributed by atoms with van der Waals surface area (Å²) in [6.45, 7) is 2.18. The molecule has 0 aliphatic carbocycles. The molecule has 0 fully saturated rings. The van der Waals surface area contributed by atoms with Gasteiger partial charge in [0.2, 0.25) is 0 Å². The van der Waals surface area contributed by atoms with Crippen LogP contribution < -0.4 is 0 Å². The molecular formula is C22H36NO4. The highest BCUT2D eigenvalue weighted by Gasteiger charge is 2.25. The quantitative estimate of drug-likeness (QED) is 0.148. The van der Waals surface area contributed by atoms with E-state index in [4.69, 9.17) is 0 Å². The average Bonchev–Trinajstić information content (AvgIpc) is 2.65. The van der Waals surface area contributed by atoms with Crippen LogP contribution in [-0.2, 0) is 4.79 Å². The Balaban J connectivity index is 4.04. The number of unbranched alkanes of at least 4 members (excludes halogenated alkanes) is 8. The van der Waals surface area contributed by atoms with Gasteiger partial charge in [-0.05, 0) is 51.0 Å². The second-order valence-electron chi connectivity index (χ2n) is 6.78. The van der Waals surface area contributed by atoms with Crippen LogP contribution in [0.5, 0.6) is 0 Å². The summed E-state index contributed by atoms with van der Waals surface area (Å²) in [5.41, 5.74) is 0. The van der Waals surface area contributed by atoms with Crippen LogP contribution >= 0.6 is 0 Å². The van der Waals surface area contributed by atoms with E-state index >= 15 is 0 Å². The minimum Gasteiger partial charge on any atom is -0.385 e. The number of carbonyl (C=O) groups excluding carboxylic acids is 1. The number of allylic oxidation sites excluding steroid dienone is 4. The van der Waals surface area contributed by atoms with Gasteiger partial charge in [-0.1, -0.05) is 63.0 Å². The Morgan fingerprint density at radius 3 is 2.33 bits per heavy atom. The Morgan fingerprint density at radius 1 is 0.963 bits per heavy atom. The summed E-state index contributed by atoms with van der Waals surface area (Å²) < 4.78 is 0. The van der Waals surface area contributed by atoms with E-state index < -0.39 is 17.1 Å². The number of hydrogen-bond acceptors (Lipinski definition) is 4. The van der Waals surface area contributed by atoms with Crippen molar-refractivity contribution in [3.8, 4) is 0 Å². The predicted octanol–water partition coefficient (Wildman–Crippen LogP) is 5.47. The number of nitrogens with zero attached hydrogens (tertiary/aromatic N) is 1. The SMILES string of the molecule is CCCCC/C=C\C/C=C\CC(O)C(/C=C\CCCCCC[C]=O)[N+](=O)[O-]. The first-order valence-corrected chi connectivity index (χ1v) is 10.3. The van der Waals surface area contributed by atoms with Gasteiger partial charge in [0.05, 0.1) is 0 Å². The fraction of sp³-hybridized carbons (Fsp3) is 0.682. The lowest BCUT2D eigenvalue weighted by atomic mass is 10.1. The highest BCUT2D eigenvalue weighted by Crippen LogP contribution is 2.10. The van der Waals surface area contributed by atoms with Crippen molar-refractivity contribution in [3.05, 3.63) is 46.6 Å². The second kappa shape index (κ2) is 19.0. The highest BCUT2D eigenvalue weighted by atomic mass is 16.6. The molecule has 1 N–H and O–H groups in total. The summed E-state index contributed by atoms with van der Waals surface area (Å²) in [5, 5.41) is 21.2. The standard InChI is InChI=1S/C22H36NO4/c1-2-3-4-5-6-7-10-13-16-19-22(25)21(23(26)27)18-15-12-9-8-11-14-17-20-24/h6-7,13,15-16,18,21-22,25H,2-5,8-12,14,17,19H2,1H3/b7-6-,16-13-,18-15-. The molecule has 5 heteroatoms. The van der Waals surface area contributed by atoms with Crippen LogP contribution in [0.4, 0.5) is 0 Å². The van der Waals surface area contributed by atoms with Crippen molar-refractivity contribution in [2.24, 2.45) is 0 Å². The lowest BCUT2D eigenvalue weighted by molar-refractivity contribution is -0.520. The maximum atomic E-state index is 11.2. The Morgan fingerprint density at radius 2 is 1.63 bits per heavy atom. The number of hydrogen-bond donors (Lipinski definition) is 1. The molecule has 1 radical (unpaired) electrons. The molecule has 2 unspecified atom stereocenters. The van der Waals surface area contributed by atoms with Gasteiger partial charge in [-0.2, -0.15) is 0 Å². The van der Waals surface area contributed by atoms with Gasteiger partial charge in [0.15, 0.2) is 6.29 Å². The molecule has 0 bridgehead atoms. The van der Waals surface area contributed by atoms with Crippen LogP contribution in [0.2, 0.25) is 0 Å². The van der Waals surface area contributed by atoms with Crippen LogP contribution in [0.15, 0.2) is 36.5 Å². The molecule has 5 nitrogen and oxygen atoms in total. The van der Waals surface area contributed by atoms with E-state index in [1.165, 1.54) is 25.3 Å². The summed E-state index contributed by atoms with van der Waals surface area (Å²) in [6, 6.07) is -1.07. The maximum Gasteiger partial charge on any atom is 0.257 e. The van der Waals surface area contributed by atoms with Gasteiger partial charge < -0.3 is 5.11 Å². The van der Waals surface area contributed by atoms with E-state index in [2.05, 4.69) is 19.1 Å². The fourth-order valence-electron chi connectivity index (χ4n) is 2.66. The molecule has 2 atom stereocenters. The molecule has 27 heavy (non-hydrogen) atoms. The largest absolute Gasteiger partial charge is 0.385 e. The van der Waals surface area contributed by atoms with Gasteiger partial charge in [0.1, 0.15) is 6.10 Å². The van der Waals surface area contributed by atoms with E-state index in [0.717, 1.165) is 44.9 Å². The smallest absolute Gasteiger partial charge is 0.257 e. The Hall–Kier alpha value is -1.75. The second-order valence-corrected chi connectivity index (χ2v) is 6.78. The first-order valence-electron chi connectivity index (χ1n) is 10.3. The van der Waals surface area contributed by atoms with Gasteiger partial charge >= 0.3 is 0 Å². The molecule has 0 aliphatic rings. The minimum atomic E-state index is -1.07. The topological polar surface area (TPSA) is 80.4 Å². The van der Waals surface area contributed by atoms with Crippen LogP contribution in [0.1, 0.15) is 84.0 Å². The zero-order valence-corrected chi connectivity index (χ0v) is 16.7. The van der Waals surface area contributed by atoms with E-state index in [1.807, 2.05) is 18.4 Å². The summed E-state index contributed by atoms with van der Waals surface area (Å²) in [7, 11) is 0. The van der Waals surface area contributed by atoms with E-state index in [9.17, 15) is 20.0 Å². The molecule has 153 valence electrons. The molecule has 0 rings (SSSR count). The van der Waals surface area contributed by atoms with E-state index in [0.29, 0.717) is 6.42 Å². The molecule has 0 aromatic rings. The summed E-state index contributed by atoms with van der Waals surface area (Å²) in [6.07, 6.45) is 23.0. The van der Waals surface area contributed by atoms with Gasteiger partial charge in [-0.3, -0.25) is 14.9 Å². The van der Waals surface area contributed by atoms with Crippen molar-refractivity contribution in [2.45, 2.75) is 96.1 Å². The zero-order valence-electron chi connectivity index (χ0n) is 16.7. The average molecular weight is 379 g/mol. The molecular weight excluding hydrogens is 342 g/mol. The maximum absolute atomic E-state index is 11.2. The molecule has 0 amide bonds. The number of aliphatic hydroxyl groups excluding tert-OH is 1.